The first-order valence-corrected chi connectivity index (χ1v) is 7.33. The molecule has 1 heterocycles. The fourth-order valence-electron chi connectivity index (χ4n) is 1.86. The average Bonchev–Trinajstić information content (AvgIpc) is 2.49. The van der Waals surface area contributed by atoms with Crippen LogP contribution in [0.4, 0.5) is 0 Å². The van der Waals surface area contributed by atoms with Crippen LogP contribution in [0, 0.1) is 6.92 Å². The summed E-state index contributed by atoms with van der Waals surface area (Å²) in [4.78, 5) is 8.77. The largest absolute Gasteiger partial charge is 0.493 e. The minimum absolute atomic E-state index is 0.245. The van der Waals surface area contributed by atoms with Gasteiger partial charge in [-0.15, -0.1) is 11.6 Å². The molecule has 0 unspecified atom stereocenters. The zero-order valence-electron chi connectivity index (χ0n) is 12.7. The van der Waals surface area contributed by atoms with Gasteiger partial charge in [-0.05, 0) is 24.6 Å². The van der Waals surface area contributed by atoms with Crippen molar-refractivity contribution in [1.29, 1.82) is 0 Å². The second-order valence-electron chi connectivity index (χ2n) is 5.08. The molecule has 0 saturated carbocycles. The van der Waals surface area contributed by atoms with Crippen molar-refractivity contribution >= 4 is 11.6 Å². The number of aromatic nitrogens is 2. The maximum Gasteiger partial charge on any atom is 0.169 e. The van der Waals surface area contributed by atoms with Gasteiger partial charge in [0.15, 0.2) is 17.2 Å². The number of hydrogen-bond donors (Lipinski definition) is 0. The highest BCUT2D eigenvalue weighted by atomic mass is 35.5. The number of aryl methyl sites for hydroxylation is 1. The van der Waals surface area contributed by atoms with E-state index in [1.54, 1.807) is 13.3 Å². The van der Waals surface area contributed by atoms with Gasteiger partial charge in [-0.25, -0.2) is 9.97 Å². The second kappa shape index (κ2) is 6.76. The van der Waals surface area contributed by atoms with E-state index in [1.807, 2.05) is 39.0 Å². The number of ether oxygens (including phenoxy) is 2. The molecule has 1 aromatic heterocycles. The van der Waals surface area contributed by atoms with E-state index >= 15 is 0 Å². The number of rotatable bonds is 5. The van der Waals surface area contributed by atoms with Crippen LogP contribution in [0.2, 0.25) is 0 Å². The fraction of sp³-hybridized carbons (Fsp3) is 0.375. The van der Waals surface area contributed by atoms with Crippen molar-refractivity contribution in [3.63, 3.8) is 0 Å². The Labute approximate surface area is 130 Å². The van der Waals surface area contributed by atoms with E-state index in [1.165, 1.54) is 0 Å². The molecule has 0 bridgehead atoms. The molecule has 0 atom stereocenters. The molecule has 2 rings (SSSR count). The molecule has 2 aromatic rings. The lowest BCUT2D eigenvalue weighted by molar-refractivity contribution is 0.376. The molecule has 0 aliphatic carbocycles. The lowest BCUT2D eigenvalue weighted by Crippen LogP contribution is -2.03. The van der Waals surface area contributed by atoms with Gasteiger partial charge in [-0.1, -0.05) is 19.9 Å². The lowest BCUT2D eigenvalue weighted by Gasteiger charge is -2.13. The van der Waals surface area contributed by atoms with Crippen LogP contribution in [0.25, 0.3) is 0 Å². The summed E-state index contributed by atoms with van der Waals surface area (Å²) >= 11 is 5.97. The van der Waals surface area contributed by atoms with E-state index in [4.69, 9.17) is 21.1 Å². The first kappa shape index (κ1) is 15.6. The van der Waals surface area contributed by atoms with Crippen molar-refractivity contribution < 1.29 is 9.47 Å². The average molecular weight is 307 g/mol. The Morgan fingerprint density at radius 2 is 1.95 bits per heavy atom. The normalized spacial score (nSPS) is 10.8. The molecule has 0 amide bonds. The van der Waals surface area contributed by atoms with Gasteiger partial charge in [0.2, 0.25) is 0 Å². The van der Waals surface area contributed by atoms with Crippen molar-refractivity contribution in [3.8, 4) is 17.2 Å². The van der Waals surface area contributed by atoms with E-state index in [9.17, 15) is 0 Å². The highest BCUT2D eigenvalue weighted by Gasteiger charge is 2.13. The van der Waals surface area contributed by atoms with E-state index in [2.05, 4.69) is 9.97 Å². The minimum Gasteiger partial charge on any atom is -0.493 e. The monoisotopic (exact) mass is 306 g/mol. The number of nitrogens with zero attached hydrogens (tertiary/aromatic N) is 2. The summed E-state index contributed by atoms with van der Waals surface area (Å²) in [7, 11) is 1.61. The minimum atomic E-state index is 0.245. The molecule has 0 saturated heterocycles. The number of alkyl halides is 1. The van der Waals surface area contributed by atoms with Crippen LogP contribution in [0.3, 0.4) is 0 Å². The van der Waals surface area contributed by atoms with Crippen LogP contribution in [-0.2, 0) is 5.88 Å². The standard InChI is InChI=1S/C16H19ClN2O2/c1-10(2)16-18-9-15(12(8-17)19-16)21-13-6-5-11(3)7-14(13)20-4/h5-7,9-10H,8H2,1-4H3. The molecule has 0 radical (unpaired) electrons. The number of halogens is 1. The third-order valence-electron chi connectivity index (χ3n) is 3.03. The van der Waals surface area contributed by atoms with Gasteiger partial charge >= 0.3 is 0 Å². The van der Waals surface area contributed by atoms with E-state index in [-0.39, 0.29) is 11.8 Å². The van der Waals surface area contributed by atoms with Crippen LogP contribution in [0.5, 0.6) is 17.2 Å². The molecule has 21 heavy (non-hydrogen) atoms. The van der Waals surface area contributed by atoms with Crippen LogP contribution in [0.1, 0.15) is 36.8 Å². The van der Waals surface area contributed by atoms with Gasteiger partial charge in [0.25, 0.3) is 0 Å². The van der Waals surface area contributed by atoms with Crippen molar-refractivity contribution in [1.82, 2.24) is 9.97 Å². The molecule has 0 aliphatic heterocycles. The molecular formula is C16H19ClN2O2. The van der Waals surface area contributed by atoms with Crippen molar-refractivity contribution in [2.75, 3.05) is 7.11 Å². The first-order chi connectivity index (χ1) is 10.0. The second-order valence-corrected chi connectivity index (χ2v) is 5.35. The lowest BCUT2D eigenvalue weighted by atomic mass is 10.2. The van der Waals surface area contributed by atoms with E-state index in [0.717, 1.165) is 11.4 Å². The molecule has 0 N–H and O–H groups in total. The number of benzene rings is 1. The van der Waals surface area contributed by atoms with Gasteiger partial charge in [0.05, 0.1) is 19.2 Å². The van der Waals surface area contributed by atoms with Gasteiger partial charge in [-0.3, -0.25) is 0 Å². The van der Waals surface area contributed by atoms with Gasteiger partial charge in [0.1, 0.15) is 11.5 Å². The molecular weight excluding hydrogens is 288 g/mol. The zero-order valence-corrected chi connectivity index (χ0v) is 13.4. The first-order valence-electron chi connectivity index (χ1n) is 6.79. The highest BCUT2D eigenvalue weighted by Crippen LogP contribution is 2.33. The van der Waals surface area contributed by atoms with Crippen molar-refractivity contribution in [2.45, 2.75) is 32.6 Å². The predicted molar refractivity (Wildman–Crippen MR) is 83.5 cm³/mol. The summed E-state index contributed by atoms with van der Waals surface area (Å²) in [6, 6.07) is 5.74. The quantitative estimate of drug-likeness (QED) is 0.766. The SMILES string of the molecule is COc1cc(C)ccc1Oc1cnc(C(C)C)nc1CCl. The van der Waals surface area contributed by atoms with Crippen LogP contribution in [0.15, 0.2) is 24.4 Å². The molecule has 0 aliphatic rings. The predicted octanol–water partition coefficient (Wildman–Crippen LogP) is 4.45. The topological polar surface area (TPSA) is 44.2 Å². The molecule has 5 heteroatoms. The smallest absolute Gasteiger partial charge is 0.169 e. The highest BCUT2D eigenvalue weighted by molar-refractivity contribution is 6.17. The Balaban J connectivity index is 2.35. The van der Waals surface area contributed by atoms with Crippen LogP contribution >= 0.6 is 11.6 Å². The summed E-state index contributed by atoms with van der Waals surface area (Å²) in [5.74, 6) is 3.12. The molecule has 112 valence electrons. The number of methoxy groups -OCH3 is 1. The Morgan fingerprint density at radius 3 is 2.57 bits per heavy atom. The third kappa shape index (κ3) is 3.64. The summed E-state index contributed by atoms with van der Waals surface area (Å²) < 4.78 is 11.2. The van der Waals surface area contributed by atoms with Gasteiger partial charge in [-0.2, -0.15) is 0 Å². The summed E-state index contributed by atoms with van der Waals surface area (Å²) in [6.07, 6.45) is 1.67. The molecule has 4 nitrogen and oxygen atoms in total. The van der Waals surface area contributed by atoms with Gasteiger partial charge in [0, 0.05) is 5.92 Å². The summed E-state index contributed by atoms with van der Waals surface area (Å²) in [6.45, 7) is 6.07. The number of hydrogen-bond acceptors (Lipinski definition) is 4. The Kier molecular flexibility index (Phi) is 5.02. The Bertz CT molecular complexity index is 630. The zero-order chi connectivity index (χ0) is 15.4. The van der Waals surface area contributed by atoms with Crippen molar-refractivity contribution in [2.24, 2.45) is 0 Å². The van der Waals surface area contributed by atoms with Crippen molar-refractivity contribution in [3.05, 3.63) is 41.5 Å². The fourth-order valence-corrected chi connectivity index (χ4v) is 2.05. The van der Waals surface area contributed by atoms with Crippen LogP contribution < -0.4 is 9.47 Å². The third-order valence-corrected chi connectivity index (χ3v) is 3.28. The Hall–Kier alpha value is -1.81. The van der Waals surface area contributed by atoms with E-state index in [0.29, 0.717) is 22.9 Å². The van der Waals surface area contributed by atoms with Gasteiger partial charge < -0.3 is 9.47 Å². The molecule has 0 fully saturated rings. The molecule has 1 aromatic carbocycles. The summed E-state index contributed by atoms with van der Waals surface area (Å²) in [5.41, 5.74) is 1.78. The Morgan fingerprint density at radius 1 is 1.19 bits per heavy atom. The van der Waals surface area contributed by atoms with E-state index < -0.39 is 0 Å². The maximum atomic E-state index is 5.97. The molecule has 0 spiro atoms. The summed E-state index contributed by atoms with van der Waals surface area (Å²) in [5, 5.41) is 0. The maximum absolute atomic E-state index is 5.97. The van der Waals surface area contributed by atoms with Crippen LogP contribution in [-0.4, -0.2) is 17.1 Å².